The van der Waals surface area contributed by atoms with Gasteiger partial charge in [-0.25, -0.2) is 9.37 Å². The van der Waals surface area contributed by atoms with Crippen LogP contribution in [0, 0.1) is 5.82 Å². The first-order valence-corrected chi connectivity index (χ1v) is 10.7. The number of nitrogens with one attached hydrogen (secondary N) is 1. The first-order valence-electron chi connectivity index (χ1n) is 9.82. The van der Waals surface area contributed by atoms with Crippen LogP contribution in [-0.4, -0.2) is 27.4 Å². The van der Waals surface area contributed by atoms with E-state index in [0.29, 0.717) is 42.9 Å². The van der Waals surface area contributed by atoms with Gasteiger partial charge in [0.15, 0.2) is 0 Å². The molecule has 2 aromatic heterocycles. The lowest BCUT2D eigenvalue weighted by Crippen LogP contribution is -2.33. The largest absolute Gasteiger partial charge is 0.376 e. The van der Waals surface area contributed by atoms with E-state index in [-0.39, 0.29) is 36.9 Å². The lowest BCUT2D eigenvalue weighted by Gasteiger charge is -2.23. The Morgan fingerprint density at radius 1 is 1.23 bits per heavy atom. The van der Waals surface area contributed by atoms with Crippen LogP contribution in [0.2, 0.25) is 0 Å². The van der Waals surface area contributed by atoms with E-state index >= 15 is 0 Å². The molecule has 3 heterocycles. The van der Waals surface area contributed by atoms with Gasteiger partial charge in [0.05, 0.1) is 37.6 Å². The molecule has 1 amide bonds. The number of ether oxygens (including phenoxy) is 1. The minimum Gasteiger partial charge on any atom is -0.376 e. The molecule has 0 saturated heterocycles. The molecule has 0 aliphatic carbocycles. The van der Waals surface area contributed by atoms with Crippen LogP contribution in [0.15, 0.2) is 46.6 Å². The smallest absolute Gasteiger partial charge is 0.256 e. The van der Waals surface area contributed by atoms with Crippen molar-refractivity contribution in [3.63, 3.8) is 0 Å². The summed E-state index contributed by atoms with van der Waals surface area (Å²) in [6, 6.07) is 10.4. The summed E-state index contributed by atoms with van der Waals surface area (Å²) in [4.78, 5) is 35.4. The normalized spacial score (nSPS) is 13.1. The Balaban J connectivity index is 1.52. The second-order valence-corrected chi connectivity index (χ2v) is 8.19. The van der Waals surface area contributed by atoms with Crippen molar-refractivity contribution >= 4 is 17.2 Å². The van der Waals surface area contributed by atoms with Gasteiger partial charge in [0.2, 0.25) is 5.91 Å². The highest BCUT2D eigenvalue weighted by atomic mass is 32.1. The number of fused-ring (bicyclic) bond motifs is 1. The Bertz CT molecular complexity index is 1080. The molecule has 1 aliphatic rings. The summed E-state index contributed by atoms with van der Waals surface area (Å²) >= 11 is 1.56. The summed E-state index contributed by atoms with van der Waals surface area (Å²) in [5, 5.41) is 1.95. The molecule has 8 heteroatoms. The molecule has 1 aliphatic heterocycles. The molecule has 30 heavy (non-hydrogen) atoms. The number of carbonyl (C=O) groups is 1. The van der Waals surface area contributed by atoms with Crippen LogP contribution in [-0.2, 0) is 42.1 Å². The van der Waals surface area contributed by atoms with Crippen LogP contribution in [0.25, 0.3) is 0 Å². The summed E-state index contributed by atoms with van der Waals surface area (Å²) in [5.41, 5.74) is 1.59. The lowest BCUT2D eigenvalue weighted by atomic mass is 10.1. The summed E-state index contributed by atoms with van der Waals surface area (Å²) in [5.74, 6) is 0.0322. The number of rotatable bonds is 7. The van der Waals surface area contributed by atoms with Crippen molar-refractivity contribution in [2.24, 2.45) is 0 Å². The van der Waals surface area contributed by atoms with Gasteiger partial charge < -0.3 is 14.6 Å². The number of hydrogen-bond acceptors (Lipinski definition) is 5. The maximum absolute atomic E-state index is 13.9. The summed E-state index contributed by atoms with van der Waals surface area (Å²) in [7, 11) is 0. The van der Waals surface area contributed by atoms with Crippen molar-refractivity contribution in [1.82, 2.24) is 14.9 Å². The van der Waals surface area contributed by atoms with E-state index in [4.69, 9.17) is 4.74 Å². The number of benzene rings is 1. The maximum atomic E-state index is 13.9. The van der Waals surface area contributed by atoms with Gasteiger partial charge in [-0.1, -0.05) is 24.3 Å². The molecule has 1 aromatic carbocycles. The van der Waals surface area contributed by atoms with Gasteiger partial charge in [0, 0.05) is 17.7 Å². The monoisotopic (exact) mass is 427 g/mol. The zero-order valence-electron chi connectivity index (χ0n) is 16.4. The zero-order chi connectivity index (χ0) is 20.9. The number of amides is 1. The first kappa shape index (κ1) is 20.4. The van der Waals surface area contributed by atoms with Crippen LogP contribution in [0.1, 0.15) is 33.9 Å². The molecule has 4 rings (SSSR count). The van der Waals surface area contributed by atoms with E-state index in [2.05, 4.69) is 9.97 Å². The lowest BCUT2D eigenvalue weighted by molar-refractivity contribution is -0.132. The van der Waals surface area contributed by atoms with Gasteiger partial charge in [-0.2, -0.15) is 0 Å². The predicted octanol–water partition coefficient (Wildman–Crippen LogP) is 3.20. The Morgan fingerprint density at radius 3 is 2.90 bits per heavy atom. The average Bonchev–Trinajstić information content (AvgIpc) is 3.26. The standard InChI is InChI=1S/C22H22FN3O3S/c23-18-6-2-1-4-15(18)7-8-21(27)26(12-16-5-3-11-30-16)13-20-24-19-9-10-29-14-17(19)22(28)25-20/h1-6,11H,7-10,12-14H2,(H,24,25,28). The van der Waals surface area contributed by atoms with Gasteiger partial charge in [0.1, 0.15) is 11.6 Å². The minimum absolute atomic E-state index is 0.115. The molecule has 0 unspecified atom stereocenters. The van der Waals surface area contributed by atoms with Crippen LogP contribution in [0.4, 0.5) is 4.39 Å². The van der Waals surface area contributed by atoms with E-state index in [1.54, 1.807) is 34.4 Å². The first-order chi connectivity index (χ1) is 14.6. The number of nitrogens with zero attached hydrogens (tertiary/aromatic N) is 2. The second kappa shape index (κ2) is 9.32. The number of aromatic nitrogens is 2. The number of aryl methyl sites for hydroxylation is 1. The molecule has 156 valence electrons. The van der Waals surface area contributed by atoms with Crippen molar-refractivity contribution in [2.45, 2.75) is 39.0 Å². The fourth-order valence-corrected chi connectivity index (χ4v) is 4.19. The van der Waals surface area contributed by atoms with Crippen LogP contribution in [0.3, 0.4) is 0 Å². The van der Waals surface area contributed by atoms with E-state index in [1.165, 1.54) is 6.07 Å². The molecular formula is C22H22FN3O3S. The molecule has 0 spiro atoms. The molecule has 3 aromatic rings. The Morgan fingerprint density at radius 2 is 2.10 bits per heavy atom. The SMILES string of the molecule is O=C(CCc1ccccc1F)N(Cc1nc2c(c(=O)[nH]1)COCC2)Cc1cccs1. The van der Waals surface area contributed by atoms with Crippen LogP contribution >= 0.6 is 11.3 Å². The van der Waals surface area contributed by atoms with Crippen molar-refractivity contribution in [3.05, 3.63) is 85.5 Å². The minimum atomic E-state index is -0.307. The van der Waals surface area contributed by atoms with Gasteiger partial charge in [0.25, 0.3) is 5.56 Å². The van der Waals surface area contributed by atoms with Crippen molar-refractivity contribution in [3.8, 4) is 0 Å². The molecular weight excluding hydrogens is 405 g/mol. The van der Waals surface area contributed by atoms with Crippen molar-refractivity contribution in [2.75, 3.05) is 6.61 Å². The zero-order valence-corrected chi connectivity index (χ0v) is 17.2. The molecule has 0 fully saturated rings. The number of aromatic amines is 1. The third-order valence-corrected chi connectivity index (χ3v) is 5.93. The molecule has 0 atom stereocenters. The van der Waals surface area contributed by atoms with Crippen LogP contribution < -0.4 is 5.56 Å². The van der Waals surface area contributed by atoms with E-state index in [1.807, 2.05) is 17.5 Å². The summed E-state index contributed by atoms with van der Waals surface area (Å²) in [6.07, 6.45) is 1.08. The Hall–Kier alpha value is -2.84. The van der Waals surface area contributed by atoms with E-state index in [0.717, 1.165) is 10.6 Å². The highest BCUT2D eigenvalue weighted by Gasteiger charge is 2.20. The predicted molar refractivity (Wildman–Crippen MR) is 112 cm³/mol. The second-order valence-electron chi connectivity index (χ2n) is 7.16. The molecule has 6 nitrogen and oxygen atoms in total. The number of thiophene rings is 1. The number of carbonyl (C=O) groups excluding carboxylic acids is 1. The van der Waals surface area contributed by atoms with Crippen molar-refractivity contribution in [1.29, 1.82) is 0 Å². The highest BCUT2D eigenvalue weighted by Crippen LogP contribution is 2.17. The third-order valence-electron chi connectivity index (χ3n) is 5.07. The summed E-state index contributed by atoms with van der Waals surface area (Å²) in [6.45, 7) is 1.40. The van der Waals surface area contributed by atoms with E-state index < -0.39 is 0 Å². The molecule has 0 radical (unpaired) electrons. The number of hydrogen-bond donors (Lipinski definition) is 1. The van der Waals surface area contributed by atoms with Crippen molar-refractivity contribution < 1.29 is 13.9 Å². The fourth-order valence-electron chi connectivity index (χ4n) is 3.47. The van der Waals surface area contributed by atoms with E-state index in [9.17, 15) is 14.0 Å². The topological polar surface area (TPSA) is 75.3 Å². The Kier molecular flexibility index (Phi) is 6.35. The average molecular weight is 428 g/mol. The quantitative estimate of drug-likeness (QED) is 0.628. The number of halogens is 1. The highest BCUT2D eigenvalue weighted by molar-refractivity contribution is 7.09. The maximum Gasteiger partial charge on any atom is 0.256 e. The van der Waals surface area contributed by atoms with Gasteiger partial charge >= 0.3 is 0 Å². The summed E-state index contributed by atoms with van der Waals surface area (Å²) < 4.78 is 19.3. The fraction of sp³-hybridized carbons (Fsp3) is 0.318. The third kappa shape index (κ3) is 4.83. The Labute approximate surface area is 177 Å². The van der Waals surface area contributed by atoms with Crippen LogP contribution in [0.5, 0.6) is 0 Å². The van der Waals surface area contributed by atoms with Gasteiger partial charge in [-0.05, 0) is 29.5 Å². The molecule has 0 bridgehead atoms. The number of H-pyrrole nitrogens is 1. The molecule has 1 N–H and O–H groups in total. The van der Waals surface area contributed by atoms with Gasteiger partial charge in [-0.3, -0.25) is 9.59 Å². The molecule has 0 saturated carbocycles. The van der Waals surface area contributed by atoms with Gasteiger partial charge in [-0.15, -0.1) is 11.3 Å².